The number of hydrogen-bond acceptors (Lipinski definition) is 2. The summed E-state index contributed by atoms with van der Waals surface area (Å²) in [5.41, 5.74) is 18.9. The Balaban J connectivity index is 1.44. The van der Waals surface area contributed by atoms with E-state index in [1.54, 1.807) is 0 Å². The van der Waals surface area contributed by atoms with Crippen molar-refractivity contribution in [1.82, 2.24) is 0 Å². The molecule has 0 aromatic heterocycles. The topological polar surface area (TPSA) is 6.48 Å². The molecule has 41 heavy (non-hydrogen) atoms. The van der Waals surface area contributed by atoms with E-state index in [0.717, 1.165) is 6.42 Å². The van der Waals surface area contributed by atoms with Crippen LogP contribution >= 0.6 is 0 Å². The zero-order valence-corrected chi connectivity index (χ0v) is 24.6. The highest BCUT2D eigenvalue weighted by Gasteiger charge is 2.48. The molecule has 200 valence electrons. The van der Waals surface area contributed by atoms with Crippen molar-refractivity contribution in [2.75, 3.05) is 9.80 Å². The maximum atomic E-state index is 2.54. The smallest absolute Gasteiger partial charge is 0.253 e. The van der Waals surface area contributed by atoms with Crippen LogP contribution in [-0.2, 0) is 6.42 Å². The maximum absolute atomic E-state index is 2.54. The van der Waals surface area contributed by atoms with Crippen molar-refractivity contribution in [3.05, 3.63) is 114 Å². The summed E-state index contributed by atoms with van der Waals surface area (Å²) in [6.07, 6.45) is 0.991. The lowest BCUT2D eigenvalue weighted by molar-refractivity contribution is 0.866. The second-order valence-electron chi connectivity index (χ2n) is 12.5. The standard InChI is InChI=1S/C38H35BN2/c1-6-25-21-34-38-35(22-25)41(29-19-15-27(16-20-29)24(4)5)33-12-8-10-31-30-9-7-11-32(36(30)39(38)37(31)33)40(34)28-17-13-26(14-18-28)23(2)3/h7-24H,6H2,1-5H3. The van der Waals surface area contributed by atoms with Crippen LogP contribution in [0.1, 0.15) is 63.1 Å². The molecule has 2 nitrogen and oxygen atoms in total. The third kappa shape index (κ3) is 3.38. The van der Waals surface area contributed by atoms with Crippen LogP contribution in [0.15, 0.2) is 97.1 Å². The van der Waals surface area contributed by atoms with Crippen LogP contribution in [0.2, 0.25) is 0 Å². The first-order chi connectivity index (χ1) is 20.0. The average molecular weight is 531 g/mol. The fourth-order valence-corrected chi connectivity index (χ4v) is 7.39. The molecule has 8 rings (SSSR count). The van der Waals surface area contributed by atoms with Crippen molar-refractivity contribution < 1.29 is 0 Å². The molecule has 0 fully saturated rings. The Kier molecular flexibility index (Phi) is 5.32. The Bertz CT molecular complexity index is 1700. The predicted octanol–water partition coefficient (Wildman–Crippen LogP) is 8.56. The van der Waals surface area contributed by atoms with Gasteiger partial charge in [0.25, 0.3) is 6.71 Å². The van der Waals surface area contributed by atoms with Gasteiger partial charge in [0.15, 0.2) is 0 Å². The van der Waals surface area contributed by atoms with Gasteiger partial charge in [-0.25, -0.2) is 0 Å². The minimum absolute atomic E-state index is 0.251. The minimum atomic E-state index is 0.251. The van der Waals surface area contributed by atoms with Crippen LogP contribution in [0, 0.1) is 0 Å². The Hall–Kier alpha value is -4.24. The lowest BCUT2D eigenvalue weighted by Crippen LogP contribution is -2.59. The van der Waals surface area contributed by atoms with Crippen LogP contribution in [0.4, 0.5) is 34.1 Å². The molecule has 3 aliphatic heterocycles. The van der Waals surface area contributed by atoms with Crippen molar-refractivity contribution >= 4 is 57.2 Å². The number of nitrogens with zero attached hydrogens (tertiary/aromatic N) is 2. The van der Waals surface area contributed by atoms with E-state index in [4.69, 9.17) is 0 Å². The Morgan fingerprint density at radius 2 is 0.976 bits per heavy atom. The normalized spacial score (nSPS) is 13.9. The summed E-state index contributed by atoms with van der Waals surface area (Å²) in [4.78, 5) is 5.07. The third-order valence-electron chi connectivity index (χ3n) is 9.53. The predicted molar refractivity (Wildman–Crippen MR) is 177 cm³/mol. The molecule has 0 saturated heterocycles. The molecule has 5 aromatic rings. The number of anilines is 6. The van der Waals surface area contributed by atoms with E-state index < -0.39 is 0 Å². The molecule has 0 unspecified atom stereocenters. The molecule has 0 N–H and O–H groups in total. The quantitative estimate of drug-likeness (QED) is 0.206. The monoisotopic (exact) mass is 530 g/mol. The summed E-state index contributed by atoms with van der Waals surface area (Å²) in [6, 6.07) is 37.2. The second-order valence-corrected chi connectivity index (χ2v) is 12.5. The molecule has 3 aliphatic rings. The molecule has 0 spiro atoms. The minimum Gasteiger partial charge on any atom is -0.311 e. The number of benzene rings is 5. The molecule has 0 aliphatic carbocycles. The summed E-state index contributed by atoms with van der Waals surface area (Å²) in [5.74, 6) is 1.02. The van der Waals surface area contributed by atoms with Crippen molar-refractivity contribution in [2.45, 2.75) is 52.9 Å². The molecule has 0 atom stereocenters. The molecule has 5 aromatic carbocycles. The van der Waals surface area contributed by atoms with Gasteiger partial charge in [-0.3, -0.25) is 0 Å². The van der Waals surface area contributed by atoms with Crippen LogP contribution < -0.4 is 26.2 Å². The highest BCUT2D eigenvalue weighted by atomic mass is 15.2. The summed E-state index contributed by atoms with van der Waals surface area (Å²) >= 11 is 0. The van der Waals surface area contributed by atoms with E-state index in [1.807, 2.05) is 0 Å². The van der Waals surface area contributed by atoms with Gasteiger partial charge in [-0.15, -0.1) is 0 Å². The SMILES string of the molecule is CCc1cc2c3c(c1)N(c1ccc(C(C)C)cc1)c1cccc4c1B3c1c-4cccc1N2c1ccc(C(C)C)cc1. The average Bonchev–Trinajstić information content (AvgIpc) is 3.34. The first kappa shape index (κ1) is 24.6. The second kappa shape index (κ2) is 8.88. The molecular weight excluding hydrogens is 495 g/mol. The first-order valence-electron chi connectivity index (χ1n) is 15.2. The van der Waals surface area contributed by atoms with E-state index in [9.17, 15) is 0 Å². The van der Waals surface area contributed by atoms with E-state index in [2.05, 4.69) is 141 Å². The Morgan fingerprint density at radius 3 is 1.37 bits per heavy atom. The molecule has 0 radical (unpaired) electrons. The summed E-state index contributed by atoms with van der Waals surface area (Å²) in [5, 5.41) is 0. The highest BCUT2D eigenvalue weighted by molar-refractivity contribution is 7.03. The van der Waals surface area contributed by atoms with Gasteiger partial charge >= 0.3 is 0 Å². The number of hydrogen-bond donors (Lipinski definition) is 0. The van der Waals surface area contributed by atoms with E-state index in [1.165, 1.54) is 78.3 Å². The van der Waals surface area contributed by atoms with Gasteiger partial charge in [0.1, 0.15) is 0 Å². The van der Waals surface area contributed by atoms with Crippen LogP contribution in [0.25, 0.3) is 11.1 Å². The zero-order chi connectivity index (χ0) is 28.0. The molecule has 0 bridgehead atoms. The summed E-state index contributed by atoms with van der Waals surface area (Å²) in [7, 11) is 0. The summed E-state index contributed by atoms with van der Waals surface area (Å²) < 4.78 is 0. The van der Waals surface area contributed by atoms with E-state index >= 15 is 0 Å². The summed E-state index contributed by atoms with van der Waals surface area (Å²) in [6.45, 7) is 11.6. The zero-order valence-electron chi connectivity index (χ0n) is 24.6. The Morgan fingerprint density at radius 1 is 0.537 bits per heavy atom. The van der Waals surface area contributed by atoms with Gasteiger partial charge in [0.05, 0.1) is 0 Å². The molecular formula is C38H35BN2. The van der Waals surface area contributed by atoms with Gasteiger partial charge in [-0.2, -0.15) is 0 Å². The van der Waals surface area contributed by atoms with Gasteiger partial charge in [0, 0.05) is 34.1 Å². The number of aryl methyl sites for hydroxylation is 1. The van der Waals surface area contributed by atoms with Gasteiger partial charge in [-0.1, -0.05) is 83.1 Å². The largest absolute Gasteiger partial charge is 0.311 e. The van der Waals surface area contributed by atoms with Gasteiger partial charge in [-0.05, 0) is 111 Å². The highest BCUT2D eigenvalue weighted by Crippen LogP contribution is 2.48. The van der Waals surface area contributed by atoms with Gasteiger partial charge in [0.2, 0.25) is 0 Å². The maximum Gasteiger partial charge on any atom is 0.253 e. The fraction of sp³-hybridized carbons (Fsp3) is 0.211. The fourth-order valence-electron chi connectivity index (χ4n) is 7.39. The van der Waals surface area contributed by atoms with Crippen molar-refractivity contribution in [3.8, 4) is 11.1 Å². The number of rotatable bonds is 5. The van der Waals surface area contributed by atoms with Crippen LogP contribution in [-0.4, -0.2) is 6.71 Å². The number of fused-ring (bicyclic) bond motifs is 1. The van der Waals surface area contributed by atoms with E-state index in [-0.39, 0.29) is 6.71 Å². The lowest BCUT2D eigenvalue weighted by Gasteiger charge is -2.43. The van der Waals surface area contributed by atoms with Crippen LogP contribution in [0.3, 0.4) is 0 Å². The Labute approximate surface area is 244 Å². The lowest BCUT2D eigenvalue weighted by atomic mass is 9.35. The van der Waals surface area contributed by atoms with Gasteiger partial charge < -0.3 is 9.80 Å². The van der Waals surface area contributed by atoms with Crippen molar-refractivity contribution in [1.29, 1.82) is 0 Å². The molecule has 3 heteroatoms. The molecule has 0 amide bonds. The molecule has 3 heterocycles. The van der Waals surface area contributed by atoms with Crippen molar-refractivity contribution in [3.63, 3.8) is 0 Å². The third-order valence-corrected chi connectivity index (χ3v) is 9.53. The van der Waals surface area contributed by atoms with Crippen LogP contribution in [0.5, 0.6) is 0 Å². The molecule has 0 saturated carbocycles. The van der Waals surface area contributed by atoms with Crippen molar-refractivity contribution in [2.24, 2.45) is 0 Å². The van der Waals surface area contributed by atoms with E-state index in [0.29, 0.717) is 11.8 Å². The first-order valence-corrected chi connectivity index (χ1v) is 15.2.